The van der Waals surface area contributed by atoms with Crippen LogP contribution >= 0.6 is 38.9 Å². The quantitative estimate of drug-likeness (QED) is 0.794. The van der Waals surface area contributed by atoms with Crippen LogP contribution in [0.5, 0.6) is 0 Å². The molecule has 1 N–H and O–H groups in total. The molecule has 0 bridgehead atoms. The second-order valence-corrected chi connectivity index (χ2v) is 7.56. The van der Waals surface area contributed by atoms with Crippen LogP contribution in [0.25, 0.3) is 0 Å². The van der Waals surface area contributed by atoms with Crippen LogP contribution in [-0.2, 0) is 12.0 Å². The molecule has 2 aromatic heterocycles. The molecule has 0 aromatic carbocycles. The zero-order valence-corrected chi connectivity index (χ0v) is 14.2. The van der Waals surface area contributed by atoms with Crippen LogP contribution in [0.15, 0.2) is 22.9 Å². The van der Waals surface area contributed by atoms with E-state index < -0.39 is 0 Å². The van der Waals surface area contributed by atoms with Crippen molar-refractivity contribution in [3.63, 3.8) is 0 Å². The molecule has 0 aliphatic rings. The molecule has 0 radical (unpaired) electrons. The standard InChI is InChI=1S/C13H15BrClN3S/c1-13(2,3)12-18-7-9(19-12)6-16-8-4-10(14)11(15)17-5-8/h4-5,7,16H,6H2,1-3H3. The SMILES string of the molecule is CC(C)(C)c1ncc(CNc2cnc(Cl)c(Br)c2)s1. The lowest BCUT2D eigenvalue weighted by atomic mass is 9.98. The highest BCUT2D eigenvalue weighted by molar-refractivity contribution is 9.10. The Morgan fingerprint density at radius 1 is 1.32 bits per heavy atom. The van der Waals surface area contributed by atoms with Gasteiger partial charge in [0.05, 0.1) is 27.9 Å². The van der Waals surface area contributed by atoms with E-state index in [0.717, 1.165) is 21.7 Å². The smallest absolute Gasteiger partial charge is 0.143 e. The maximum absolute atomic E-state index is 5.86. The third-order valence-electron chi connectivity index (χ3n) is 2.46. The zero-order chi connectivity index (χ0) is 14.0. The van der Waals surface area contributed by atoms with Crippen molar-refractivity contribution in [1.29, 1.82) is 0 Å². The van der Waals surface area contributed by atoms with E-state index in [1.165, 1.54) is 4.88 Å². The van der Waals surface area contributed by atoms with Gasteiger partial charge in [-0.2, -0.15) is 0 Å². The Labute approximate surface area is 130 Å². The van der Waals surface area contributed by atoms with Crippen molar-refractivity contribution in [3.05, 3.63) is 38.0 Å². The highest BCUT2D eigenvalue weighted by Crippen LogP contribution is 2.28. The highest BCUT2D eigenvalue weighted by atomic mass is 79.9. The minimum absolute atomic E-state index is 0.105. The van der Waals surface area contributed by atoms with Crippen molar-refractivity contribution >= 4 is 44.6 Å². The van der Waals surface area contributed by atoms with Crippen LogP contribution in [0.2, 0.25) is 5.15 Å². The maximum atomic E-state index is 5.86. The van der Waals surface area contributed by atoms with Gasteiger partial charge < -0.3 is 5.32 Å². The number of hydrogen-bond donors (Lipinski definition) is 1. The second-order valence-electron chi connectivity index (χ2n) is 5.23. The van der Waals surface area contributed by atoms with Crippen LogP contribution in [0.3, 0.4) is 0 Å². The minimum atomic E-state index is 0.105. The van der Waals surface area contributed by atoms with Crippen LogP contribution < -0.4 is 5.32 Å². The molecule has 0 saturated carbocycles. The molecule has 0 unspecified atom stereocenters. The zero-order valence-electron chi connectivity index (χ0n) is 11.0. The van der Waals surface area contributed by atoms with Crippen molar-refractivity contribution in [3.8, 4) is 0 Å². The van der Waals surface area contributed by atoms with Gasteiger partial charge in [0, 0.05) is 16.5 Å². The maximum Gasteiger partial charge on any atom is 0.143 e. The summed E-state index contributed by atoms with van der Waals surface area (Å²) in [4.78, 5) is 9.75. The summed E-state index contributed by atoms with van der Waals surface area (Å²) < 4.78 is 0.791. The molecule has 2 rings (SSSR count). The van der Waals surface area contributed by atoms with Gasteiger partial charge in [-0.25, -0.2) is 9.97 Å². The van der Waals surface area contributed by atoms with Crippen LogP contribution in [0, 0.1) is 0 Å². The normalized spacial score (nSPS) is 11.6. The van der Waals surface area contributed by atoms with Crippen molar-refractivity contribution in [2.75, 3.05) is 5.32 Å². The first-order chi connectivity index (χ1) is 8.86. The molecule has 0 amide bonds. The summed E-state index contributed by atoms with van der Waals surface area (Å²) in [5.41, 5.74) is 1.04. The lowest BCUT2D eigenvalue weighted by molar-refractivity contribution is 0.585. The number of thiazole rings is 1. The molecule has 0 atom stereocenters. The molecule has 0 aliphatic heterocycles. The number of hydrogen-bond acceptors (Lipinski definition) is 4. The van der Waals surface area contributed by atoms with Gasteiger partial charge in [0.1, 0.15) is 5.15 Å². The van der Waals surface area contributed by atoms with E-state index >= 15 is 0 Å². The van der Waals surface area contributed by atoms with E-state index in [-0.39, 0.29) is 5.41 Å². The molecule has 3 nitrogen and oxygen atoms in total. The number of rotatable bonds is 3. The molecule has 0 spiro atoms. The molecule has 0 aliphatic carbocycles. The average molecular weight is 361 g/mol. The number of halogens is 2. The largest absolute Gasteiger partial charge is 0.379 e. The van der Waals surface area contributed by atoms with Gasteiger partial charge in [0.2, 0.25) is 0 Å². The van der Waals surface area contributed by atoms with E-state index in [2.05, 4.69) is 52.0 Å². The predicted octanol–water partition coefficient (Wildman–Crippen LogP) is 4.86. The highest BCUT2D eigenvalue weighted by Gasteiger charge is 2.17. The fraction of sp³-hybridized carbons (Fsp3) is 0.385. The van der Waals surface area contributed by atoms with Gasteiger partial charge in [-0.1, -0.05) is 32.4 Å². The average Bonchev–Trinajstić information content (AvgIpc) is 2.79. The Kier molecular flexibility index (Phi) is 4.48. The van der Waals surface area contributed by atoms with Crippen LogP contribution in [0.1, 0.15) is 30.7 Å². The van der Waals surface area contributed by atoms with Gasteiger partial charge in [0.25, 0.3) is 0 Å². The third kappa shape index (κ3) is 3.91. The lowest BCUT2D eigenvalue weighted by Gasteiger charge is -2.13. The molecule has 0 fully saturated rings. The Morgan fingerprint density at radius 3 is 2.63 bits per heavy atom. The van der Waals surface area contributed by atoms with E-state index in [4.69, 9.17) is 11.6 Å². The molecule has 102 valence electrons. The molecular weight excluding hydrogens is 346 g/mol. The fourth-order valence-corrected chi connectivity index (χ4v) is 2.81. The fourth-order valence-electron chi connectivity index (χ4n) is 1.44. The summed E-state index contributed by atoms with van der Waals surface area (Å²) in [6.07, 6.45) is 3.65. The molecule has 6 heteroatoms. The van der Waals surface area contributed by atoms with Crippen LogP contribution in [-0.4, -0.2) is 9.97 Å². The summed E-state index contributed by atoms with van der Waals surface area (Å²) in [6.45, 7) is 7.25. The van der Waals surface area contributed by atoms with E-state index in [0.29, 0.717) is 5.15 Å². The Hall–Kier alpha value is -0.650. The minimum Gasteiger partial charge on any atom is -0.379 e. The Balaban J connectivity index is 2.02. The second kappa shape index (κ2) is 5.77. The molecule has 19 heavy (non-hydrogen) atoms. The van der Waals surface area contributed by atoms with Crippen LogP contribution in [0.4, 0.5) is 5.69 Å². The summed E-state index contributed by atoms with van der Waals surface area (Å²) >= 11 is 11.0. The van der Waals surface area contributed by atoms with Gasteiger partial charge in [0.15, 0.2) is 0 Å². The number of pyridine rings is 1. The van der Waals surface area contributed by atoms with Gasteiger partial charge in [-0.05, 0) is 22.0 Å². The van der Waals surface area contributed by atoms with E-state index in [1.807, 2.05) is 12.3 Å². The Morgan fingerprint density at radius 2 is 2.05 bits per heavy atom. The van der Waals surface area contributed by atoms with E-state index in [9.17, 15) is 0 Å². The molecule has 0 saturated heterocycles. The van der Waals surface area contributed by atoms with E-state index in [1.54, 1.807) is 17.5 Å². The van der Waals surface area contributed by atoms with Gasteiger partial charge in [-0.15, -0.1) is 11.3 Å². The Bertz CT molecular complexity index is 578. The first-order valence-electron chi connectivity index (χ1n) is 5.86. The number of anilines is 1. The summed E-state index contributed by atoms with van der Waals surface area (Å²) in [5, 5.41) is 4.94. The predicted molar refractivity (Wildman–Crippen MR) is 85.1 cm³/mol. The van der Waals surface area contributed by atoms with Crippen molar-refractivity contribution in [2.24, 2.45) is 0 Å². The van der Waals surface area contributed by atoms with Gasteiger partial charge in [-0.3, -0.25) is 0 Å². The molecular formula is C13H15BrClN3S. The molecule has 2 heterocycles. The number of aromatic nitrogens is 2. The first kappa shape index (κ1) is 14.8. The first-order valence-corrected chi connectivity index (χ1v) is 7.85. The summed E-state index contributed by atoms with van der Waals surface area (Å²) in [5.74, 6) is 0. The summed E-state index contributed by atoms with van der Waals surface area (Å²) in [7, 11) is 0. The lowest BCUT2D eigenvalue weighted by Crippen LogP contribution is -2.09. The van der Waals surface area contributed by atoms with Gasteiger partial charge >= 0.3 is 0 Å². The molecule has 2 aromatic rings. The number of nitrogens with one attached hydrogen (secondary N) is 1. The summed E-state index contributed by atoms with van der Waals surface area (Å²) in [6, 6.07) is 1.92. The number of nitrogens with zero attached hydrogens (tertiary/aromatic N) is 2. The monoisotopic (exact) mass is 359 g/mol. The van der Waals surface area contributed by atoms with Crippen molar-refractivity contribution < 1.29 is 0 Å². The topological polar surface area (TPSA) is 37.8 Å². The third-order valence-corrected chi connectivity index (χ3v) is 5.02. The van der Waals surface area contributed by atoms with Crippen molar-refractivity contribution in [1.82, 2.24) is 9.97 Å². The van der Waals surface area contributed by atoms with Crippen molar-refractivity contribution in [2.45, 2.75) is 32.7 Å².